The first kappa shape index (κ1) is 8.06. The highest BCUT2D eigenvalue weighted by molar-refractivity contribution is 5.93. The van der Waals surface area contributed by atoms with E-state index in [9.17, 15) is 0 Å². The van der Waals surface area contributed by atoms with Crippen molar-refractivity contribution >= 4 is 11.8 Å². The molecular weight excluding hydrogens is 168 g/mol. The number of nitrogens with two attached hydrogens (primary N) is 2. The molecule has 1 atom stereocenters. The van der Waals surface area contributed by atoms with Crippen molar-refractivity contribution in [3.8, 4) is 0 Å². The molecule has 0 bridgehead atoms. The summed E-state index contributed by atoms with van der Waals surface area (Å²) < 4.78 is 1.94. The van der Waals surface area contributed by atoms with E-state index in [0.717, 1.165) is 18.1 Å². The molecule has 0 saturated carbocycles. The predicted octanol–water partition coefficient (Wildman–Crippen LogP) is -0.399. The molecule has 2 heterocycles. The van der Waals surface area contributed by atoms with Crippen molar-refractivity contribution in [3.63, 3.8) is 0 Å². The van der Waals surface area contributed by atoms with Gasteiger partial charge in [-0.3, -0.25) is 0 Å². The molecule has 0 aromatic carbocycles. The molecule has 0 aliphatic carbocycles. The molecule has 0 amide bonds. The van der Waals surface area contributed by atoms with Gasteiger partial charge in [0.25, 0.3) is 0 Å². The van der Waals surface area contributed by atoms with Crippen LogP contribution in [0.25, 0.3) is 0 Å². The molecule has 1 aliphatic rings. The number of aryl methyl sites for hydroxylation is 1. The summed E-state index contributed by atoms with van der Waals surface area (Å²) in [5.41, 5.74) is 12.0. The Labute approximate surface area is 75.6 Å². The molecule has 0 saturated heterocycles. The summed E-state index contributed by atoms with van der Waals surface area (Å²) in [5.74, 6) is 1.19. The zero-order valence-corrected chi connectivity index (χ0v) is 7.36. The second kappa shape index (κ2) is 2.74. The van der Waals surface area contributed by atoms with Gasteiger partial charge in [-0.2, -0.15) is 0 Å². The fraction of sp³-hybridized carbons (Fsp3) is 0.429. The SMILES string of the molecule is CCn1cnc2c1NC(N)=NC2N. The van der Waals surface area contributed by atoms with E-state index >= 15 is 0 Å². The summed E-state index contributed by atoms with van der Waals surface area (Å²) in [5, 5.41) is 2.94. The summed E-state index contributed by atoms with van der Waals surface area (Å²) in [6, 6.07) is 0. The summed E-state index contributed by atoms with van der Waals surface area (Å²) >= 11 is 0. The van der Waals surface area contributed by atoms with Gasteiger partial charge in [0.2, 0.25) is 0 Å². The smallest absolute Gasteiger partial charge is 0.196 e. The maximum absolute atomic E-state index is 5.72. The summed E-state index contributed by atoms with van der Waals surface area (Å²) in [6.45, 7) is 2.85. The van der Waals surface area contributed by atoms with Crippen LogP contribution < -0.4 is 16.8 Å². The molecule has 70 valence electrons. The van der Waals surface area contributed by atoms with Gasteiger partial charge < -0.3 is 21.4 Å². The monoisotopic (exact) mass is 180 g/mol. The zero-order chi connectivity index (χ0) is 9.42. The van der Waals surface area contributed by atoms with Crippen molar-refractivity contribution in [1.82, 2.24) is 9.55 Å². The molecular formula is C7H12N6. The number of nitrogens with one attached hydrogen (secondary N) is 1. The highest BCUT2D eigenvalue weighted by atomic mass is 15.3. The Morgan fingerprint density at radius 3 is 3.15 bits per heavy atom. The zero-order valence-electron chi connectivity index (χ0n) is 7.36. The third kappa shape index (κ3) is 1.15. The average molecular weight is 180 g/mol. The second-order valence-corrected chi connectivity index (χ2v) is 2.85. The van der Waals surface area contributed by atoms with Crippen LogP contribution in [0.2, 0.25) is 0 Å². The minimum atomic E-state index is -0.441. The van der Waals surface area contributed by atoms with E-state index in [1.165, 1.54) is 0 Å². The van der Waals surface area contributed by atoms with E-state index in [1.807, 2.05) is 11.5 Å². The van der Waals surface area contributed by atoms with Crippen LogP contribution in [0.4, 0.5) is 5.82 Å². The standard InChI is InChI=1S/C7H12N6/c1-2-13-3-10-4-5(8)11-7(9)12-6(4)13/h3,5H,2,8H2,1H3,(H3,9,11,12). The Kier molecular flexibility index (Phi) is 1.70. The summed E-state index contributed by atoms with van der Waals surface area (Å²) in [4.78, 5) is 8.11. The predicted molar refractivity (Wildman–Crippen MR) is 50.1 cm³/mol. The van der Waals surface area contributed by atoms with E-state index < -0.39 is 6.17 Å². The third-order valence-corrected chi connectivity index (χ3v) is 2.01. The lowest BCUT2D eigenvalue weighted by Crippen LogP contribution is -2.31. The van der Waals surface area contributed by atoms with Crippen LogP contribution in [0.1, 0.15) is 18.8 Å². The Morgan fingerprint density at radius 2 is 2.46 bits per heavy atom. The van der Waals surface area contributed by atoms with Crippen LogP contribution >= 0.6 is 0 Å². The molecule has 0 radical (unpaired) electrons. The maximum Gasteiger partial charge on any atom is 0.196 e. The van der Waals surface area contributed by atoms with E-state index in [-0.39, 0.29) is 0 Å². The number of rotatable bonds is 1. The fourth-order valence-corrected chi connectivity index (χ4v) is 1.35. The lowest BCUT2D eigenvalue weighted by atomic mass is 10.3. The highest BCUT2D eigenvalue weighted by Gasteiger charge is 2.21. The van der Waals surface area contributed by atoms with Crippen molar-refractivity contribution < 1.29 is 0 Å². The largest absolute Gasteiger partial charge is 0.370 e. The van der Waals surface area contributed by atoms with Crippen molar-refractivity contribution in [2.24, 2.45) is 16.5 Å². The van der Waals surface area contributed by atoms with Crippen LogP contribution in [-0.2, 0) is 6.54 Å². The topological polar surface area (TPSA) is 94.2 Å². The second-order valence-electron chi connectivity index (χ2n) is 2.85. The van der Waals surface area contributed by atoms with Gasteiger partial charge in [-0.25, -0.2) is 9.98 Å². The molecule has 1 aromatic rings. The maximum atomic E-state index is 5.72. The Balaban J connectivity index is 2.46. The molecule has 0 fully saturated rings. The Hall–Kier alpha value is -1.56. The van der Waals surface area contributed by atoms with Gasteiger partial charge in [0.15, 0.2) is 5.96 Å². The molecule has 1 aliphatic heterocycles. The first-order valence-electron chi connectivity index (χ1n) is 4.13. The molecule has 0 spiro atoms. The van der Waals surface area contributed by atoms with Crippen LogP contribution in [0.5, 0.6) is 0 Å². The van der Waals surface area contributed by atoms with Gasteiger partial charge in [-0.15, -0.1) is 0 Å². The van der Waals surface area contributed by atoms with E-state index in [4.69, 9.17) is 11.5 Å². The molecule has 1 unspecified atom stereocenters. The number of aromatic nitrogens is 2. The molecule has 2 rings (SSSR count). The van der Waals surface area contributed by atoms with Crippen molar-refractivity contribution in [3.05, 3.63) is 12.0 Å². The minimum absolute atomic E-state index is 0.343. The first-order chi connectivity index (χ1) is 6.22. The molecule has 1 aromatic heterocycles. The number of hydrogen-bond acceptors (Lipinski definition) is 5. The van der Waals surface area contributed by atoms with E-state index in [2.05, 4.69) is 15.3 Å². The number of anilines is 1. The van der Waals surface area contributed by atoms with E-state index in [0.29, 0.717) is 5.96 Å². The van der Waals surface area contributed by atoms with Gasteiger partial charge in [0.1, 0.15) is 17.7 Å². The van der Waals surface area contributed by atoms with Crippen LogP contribution in [-0.4, -0.2) is 15.5 Å². The summed E-state index contributed by atoms with van der Waals surface area (Å²) in [7, 11) is 0. The van der Waals surface area contributed by atoms with Crippen molar-refractivity contribution in [2.75, 3.05) is 5.32 Å². The number of aliphatic imine (C=N–C) groups is 1. The van der Waals surface area contributed by atoms with Crippen LogP contribution in [0.3, 0.4) is 0 Å². The Bertz CT molecular complexity index is 352. The van der Waals surface area contributed by atoms with Crippen molar-refractivity contribution in [1.29, 1.82) is 0 Å². The summed E-state index contributed by atoms with van der Waals surface area (Å²) in [6.07, 6.45) is 1.29. The number of fused-ring (bicyclic) bond motifs is 1. The van der Waals surface area contributed by atoms with Gasteiger partial charge in [-0.05, 0) is 6.92 Å². The first-order valence-corrected chi connectivity index (χ1v) is 4.13. The van der Waals surface area contributed by atoms with Crippen molar-refractivity contribution in [2.45, 2.75) is 19.6 Å². The number of imidazole rings is 1. The number of nitrogens with zero attached hydrogens (tertiary/aromatic N) is 3. The highest BCUT2D eigenvalue weighted by Crippen LogP contribution is 2.23. The van der Waals surface area contributed by atoms with E-state index in [1.54, 1.807) is 6.33 Å². The van der Waals surface area contributed by atoms with Crippen LogP contribution in [0, 0.1) is 0 Å². The van der Waals surface area contributed by atoms with Crippen LogP contribution in [0.15, 0.2) is 11.3 Å². The lowest BCUT2D eigenvalue weighted by molar-refractivity contribution is 0.731. The minimum Gasteiger partial charge on any atom is -0.370 e. The van der Waals surface area contributed by atoms with Gasteiger partial charge in [0.05, 0.1) is 6.33 Å². The lowest BCUT2D eigenvalue weighted by Gasteiger charge is -2.17. The quantitative estimate of drug-likeness (QED) is 0.548. The Morgan fingerprint density at radius 1 is 1.69 bits per heavy atom. The molecule has 6 heteroatoms. The normalized spacial score (nSPS) is 20.5. The molecule has 5 N–H and O–H groups in total. The number of guanidine groups is 1. The van der Waals surface area contributed by atoms with Gasteiger partial charge in [-0.1, -0.05) is 0 Å². The molecule has 13 heavy (non-hydrogen) atoms. The fourth-order valence-electron chi connectivity index (χ4n) is 1.35. The molecule has 6 nitrogen and oxygen atoms in total. The average Bonchev–Trinajstić information content (AvgIpc) is 2.47. The van der Waals surface area contributed by atoms with Gasteiger partial charge in [0, 0.05) is 6.54 Å². The third-order valence-electron chi connectivity index (χ3n) is 2.01. The number of hydrogen-bond donors (Lipinski definition) is 3. The van der Waals surface area contributed by atoms with Gasteiger partial charge >= 0.3 is 0 Å².